The number of primary amides is 1. The first-order valence-corrected chi connectivity index (χ1v) is 11.1. The number of hydrogen-bond acceptors (Lipinski definition) is 10. The zero-order valence-electron chi connectivity index (χ0n) is 19.8. The summed E-state index contributed by atoms with van der Waals surface area (Å²) in [4.78, 5) is 53.2. The first-order chi connectivity index (χ1) is 16.8. The van der Waals surface area contributed by atoms with E-state index >= 15 is 0 Å². The van der Waals surface area contributed by atoms with Crippen molar-refractivity contribution in [2.24, 2.45) is 17.6 Å². The Bertz CT molecular complexity index is 1290. The highest BCUT2D eigenvalue weighted by molar-refractivity contribution is 6.24. The molecule has 0 bridgehead atoms. The minimum absolute atomic E-state index is 0.0601. The Morgan fingerprint density at radius 2 is 1.83 bits per heavy atom. The van der Waals surface area contributed by atoms with Gasteiger partial charge in [-0.25, -0.2) is 4.79 Å². The minimum Gasteiger partial charge on any atom is -0.508 e. The van der Waals surface area contributed by atoms with Crippen molar-refractivity contribution in [1.29, 1.82) is 0 Å². The molecule has 1 aromatic rings. The van der Waals surface area contributed by atoms with Crippen molar-refractivity contribution in [1.82, 2.24) is 4.90 Å². The molecule has 3 aliphatic rings. The first kappa shape index (κ1) is 25.1. The Morgan fingerprint density at radius 1 is 1.19 bits per heavy atom. The maximum atomic E-state index is 14.0. The maximum Gasteiger partial charge on any atom is 0.330 e. The molecule has 0 aromatic heterocycles. The normalized spacial score (nSPS) is 31.5. The SMILES string of the molecule is C=CC(=O)O[C@@H]1[C@@H]2C(=C(O)c3c(O)cccc3[C@H]2C)C(=O)[C@@]2(O)C(O)=C(C(N)=O)C(=O)[C@H](N(C)C)[C@@H]12. The van der Waals surface area contributed by atoms with Crippen LogP contribution in [0.15, 0.2) is 47.8 Å². The largest absolute Gasteiger partial charge is 0.508 e. The number of benzene rings is 1. The number of aliphatic hydroxyl groups excluding tert-OH is 2. The second-order valence-corrected chi connectivity index (χ2v) is 9.41. The molecule has 6 N–H and O–H groups in total. The average molecular weight is 498 g/mol. The summed E-state index contributed by atoms with van der Waals surface area (Å²) in [5, 5.41) is 44.5. The molecule has 36 heavy (non-hydrogen) atoms. The summed E-state index contributed by atoms with van der Waals surface area (Å²) in [5.74, 6) is -10.2. The van der Waals surface area contributed by atoms with Crippen molar-refractivity contribution in [2.45, 2.75) is 30.6 Å². The molecule has 0 unspecified atom stereocenters. The van der Waals surface area contributed by atoms with Crippen LogP contribution in [0.3, 0.4) is 0 Å². The molecular weight excluding hydrogens is 472 g/mol. The summed E-state index contributed by atoms with van der Waals surface area (Å²) in [6.45, 7) is 5.04. The Balaban J connectivity index is 2.12. The monoisotopic (exact) mass is 498 g/mol. The Kier molecular flexibility index (Phi) is 5.81. The van der Waals surface area contributed by atoms with Gasteiger partial charge in [-0.05, 0) is 31.6 Å². The van der Waals surface area contributed by atoms with Crippen LogP contribution in [0.2, 0.25) is 0 Å². The van der Waals surface area contributed by atoms with Gasteiger partial charge in [0, 0.05) is 17.6 Å². The topological polar surface area (TPSA) is 188 Å². The molecule has 0 saturated heterocycles. The summed E-state index contributed by atoms with van der Waals surface area (Å²) < 4.78 is 5.62. The number of amides is 1. The van der Waals surface area contributed by atoms with Crippen molar-refractivity contribution in [2.75, 3.05) is 14.1 Å². The molecule has 0 aliphatic heterocycles. The van der Waals surface area contributed by atoms with E-state index in [9.17, 15) is 39.6 Å². The number of Topliss-reactive ketones (excluding diaryl/α,β-unsaturated/α-hetero) is 2. The van der Waals surface area contributed by atoms with E-state index in [1.165, 1.54) is 31.1 Å². The van der Waals surface area contributed by atoms with Crippen LogP contribution < -0.4 is 5.73 Å². The Labute approximate surface area is 205 Å². The number of aromatic hydroxyl groups is 1. The number of carbonyl (C=O) groups excluding carboxylic acids is 4. The summed E-state index contributed by atoms with van der Waals surface area (Å²) in [5.41, 5.74) is 1.32. The van der Waals surface area contributed by atoms with Gasteiger partial charge in [-0.2, -0.15) is 0 Å². The third-order valence-corrected chi connectivity index (χ3v) is 7.38. The van der Waals surface area contributed by atoms with E-state index < -0.39 is 81.6 Å². The number of esters is 1. The van der Waals surface area contributed by atoms with Crippen LogP contribution in [-0.2, 0) is 23.9 Å². The summed E-state index contributed by atoms with van der Waals surface area (Å²) >= 11 is 0. The number of fused-ring (bicyclic) bond motifs is 3. The number of likely N-dealkylation sites (N-methyl/N-ethyl adjacent to an activating group) is 1. The summed E-state index contributed by atoms with van der Waals surface area (Å²) in [7, 11) is 2.89. The molecule has 0 heterocycles. The molecule has 1 saturated carbocycles. The van der Waals surface area contributed by atoms with Gasteiger partial charge in [0.1, 0.15) is 28.9 Å². The molecular formula is C25H26N2O9. The predicted molar refractivity (Wildman–Crippen MR) is 124 cm³/mol. The zero-order valence-corrected chi connectivity index (χ0v) is 19.8. The number of nitrogens with zero attached hydrogens (tertiary/aromatic N) is 1. The van der Waals surface area contributed by atoms with E-state index in [1.54, 1.807) is 13.0 Å². The van der Waals surface area contributed by atoms with Gasteiger partial charge in [0.25, 0.3) is 5.91 Å². The van der Waals surface area contributed by atoms with Crippen LogP contribution in [0.1, 0.15) is 24.0 Å². The van der Waals surface area contributed by atoms with Crippen molar-refractivity contribution >= 4 is 29.2 Å². The fraction of sp³-hybridized carbons (Fsp3) is 0.360. The number of nitrogens with two attached hydrogens (primary N) is 1. The molecule has 0 radical (unpaired) electrons. The molecule has 1 amide bonds. The van der Waals surface area contributed by atoms with Crippen molar-refractivity contribution in [3.05, 3.63) is 58.9 Å². The van der Waals surface area contributed by atoms with Crippen LogP contribution in [0.5, 0.6) is 5.75 Å². The quantitative estimate of drug-likeness (QED) is 0.218. The molecule has 6 atom stereocenters. The molecule has 11 heteroatoms. The molecule has 3 aliphatic carbocycles. The van der Waals surface area contributed by atoms with E-state index in [4.69, 9.17) is 10.5 Å². The number of phenolic OH excluding ortho intramolecular Hbond substituents is 1. The summed E-state index contributed by atoms with van der Waals surface area (Å²) in [6, 6.07) is 3.02. The number of hydrogen-bond donors (Lipinski definition) is 5. The third kappa shape index (κ3) is 3.12. The molecule has 4 rings (SSSR count). The van der Waals surface area contributed by atoms with Gasteiger partial charge in [0.2, 0.25) is 5.78 Å². The smallest absolute Gasteiger partial charge is 0.330 e. The highest BCUT2D eigenvalue weighted by Gasteiger charge is 2.69. The van der Waals surface area contributed by atoms with Gasteiger partial charge < -0.3 is 30.9 Å². The standard InChI is InChI=1S/C25H26N2O9/c1-5-12(29)36-21-13-9(2)10-7-6-8-11(28)14(10)19(30)15(13)22(32)25(35)17(21)18(27(3)4)20(31)16(23(25)33)24(26)34/h5-9,13,17-18,21,28,30,33,35H,1H2,2-4H3,(H2,26,34)/t9-,13+,17+,18-,21-,25-/m1/s1. The van der Waals surface area contributed by atoms with Gasteiger partial charge >= 0.3 is 5.97 Å². The maximum absolute atomic E-state index is 14.0. The molecule has 1 aromatic carbocycles. The van der Waals surface area contributed by atoms with E-state index in [-0.39, 0.29) is 11.3 Å². The van der Waals surface area contributed by atoms with Crippen LogP contribution >= 0.6 is 0 Å². The van der Waals surface area contributed by atoms with Gasteiger partial charge in [0.15, 0.2) is 11.4 Å². The number of rotatable bonds is 4. The third-order valence-electron chi connectivity index (χ3n) is 7.38. The summed E-state index contributed by atoms with van der Waals surface area (Å²) in [6.07, 6.45) is -0.611. The molecule has 190 valence electrons. The van der Waals surface area contributed by atoms with E-state index in [2.05, 4.69) is 6.58 Å². The first-order valence-electron chi connectivity index (χ1n) is 11.1. The van der Waals surface area contributed by atoms with Crippen molar-refractivity contribution < 1.29 is 44.3 Å². The van der Waals surface area contributed by atoms with E-state index in [1.807, 2.05) is 0 Å². The zero-order chi connectivity index (χ0) is 26.9. The Morgan fingerprint density at radius 3 is 2.39 bits per heavy atom. The average Bonchev–Trinajstić information content (AvgIpc) is 2.80. The van der Waals surface area contributed by atoms with Crippen molar-refractivity contribution in [3.63, 3.8) is 0 Å². The van der Waals surface area contributed by atoms with E-state index in [0.29, 0.717) is 5.56 Å². The Hall–Kier alpha value is -3.96. The lowest BCUT2D eigenvalue weighted by Gasteiger charge is -2.54. The van der Waals surface area contributed by atoms with Crippen LogP contribution in [0.4, 0.5) is 0 Å². The second-order valence-electron chi connectivity index (χ2n) is 9.41. The number of ketones is 2. The van der Waals surface area contributed by atoms with Crippen LogP contribution in [-0.4, -0.2) is 80.6 Å². The lowest BCUT2D eigenvalue weighted by Crippen LogP contribution is -2.71. The predicted octanol–water partition coefficient (Wildman–Crippen LogP) is 0.233. The van der Waals surface area contributed by atoms with Gasteiger partial charge in [-0.3, -0.25) is 19.3 Å². The van der Waals surface area contributed by atoms with Gasteiger partial charge in [-0.1, -0.05) is 25.6 Å². The lowest BCUT2D eigenvalue weighted by molar-refractivity contribution is -0.182. The fourth-order valence-electron chi connectivity index (χ4n) is 5.87. The van der Waals surface area contributed by atoms with Crippen LogP contribution in [0.25, 0.3) is 5.76 Å². The van der Waals surface area contributed by atoms with Crippen LogP contribution in [0, 0.1) is 11.8 Å². The van der Waals surface area contributed by atoms with Crippen molar-refractivity contribution in [3.8, 4) is 5.75 Å². The van der Waals surface area contributed by atoms with E-state index in [0.717, 1.165) is 6.08 Å². The number of carbonyl (C=O) groups is 4. The minimum atomic E-state index is -2.97. The fourth-order valence-corrected chi connectivity index (χ4v) is 5.87. The number of aliphatic hydroxyl groups is 3. The highest BCUT2D eigenvalue weighted by Crippen LogP contribution is 2.56. The number of phenols is 1. The highest BCUT2D eigenvalue weighted by atomic mass is 16.5. The second kappa shape index (κ2) is 8.32. The molecule has 0 spiro atoms. The van der Waals surface area contributed by atoms with Gasteiger partial charge in [-0.15, -0.1) is 0 Å². The lowest BCUT2D eigenvalue weighted by atomic mass is 9.54. The molecule has 11 nitrogen and oxygen atoms in total. The van der Waals surface area contributed by atoms with Gasteiger partial charge in [0.05, 0.1) is 17.5 Å². The molecule has 1 fully saturated rings. The number of ether oxygens (including phenoxy) is 1.